The van der Waals surface area contributed by atoms with Crippen molar-refractivity contribution in [3.05, 3.63) is 35.4 Å². The fourth-order valence-electron chi connectivity index (χ4n) is 1.20. The van der Waals surface area contributed by atoms with Crippen LogP contribution in [0, 0.1) is 11.6 Å². The number of carbonyl (C=O) groups excluding carboxylic acids is 1. The monoisotopic (exact) mass is 278 g/mol. The lowest BCUT2D eigenvalue weighted by Crippen LogP contribution is -2.34. The smallest absolute Gasteiger partial charge is 0.251 e. The molecule has 100 valence electrons. The summed E-state index contributed by atoms with van der Waals surface area (Å²) in [4.78, 5) is 11.5. The maximum absolute atomic E-state index is 12.8. The number of carbonyl (C=O) groups is 1. The Morgan fingerprint density at radius 2 is 1.72 bits per heavy atom. The third-order valence-electron chi connectivity index (χ3n) is 1.90. The van der Waals surface area contributed by atoms with E-state index < -0.39 is 27.6 Å². The Labute approximate surface area is 103 Å². The number of amides is 1. The van der Waals surface area contributed by atoms with Gasteiger partial charge in [-0.15, -0.1) is 0 Å². The highest BCUT2D eigenvalue weighted by Gasteiger charge is 2.08. The van der Waals surface area contributed by atoms with Gasteiger partial charge in [-0.2, -0.15) is 0 Å². The molecule has 1 rings (SSSR count). The summed E-state index contributed by atoms with van der Waals surface area (Å²) >= 11 is 0. The number of sulfonamides is 1. The van der Waals surface area contributed by atoms with Crippen molar-refractivity contribution in [2.45, 2.75) is 0 Å². The van der Waals surface area contributed by atoms with Crippen molar-refractivity contribution in [1.82, 2.24) is 10.0 Å². The SMILES string of the molecule is CS(=O)(=O)NCCNC(=O)c1cc(F)cc(F)c1. The van der Waals surface area contributed by atoms with Gasteiger partial charge in [0.15, 0.2) is 0 Å². The van der Waals surface area contributed by atoms with Crippen LogP contribution in [0.2, 0.25) is 0 Å². The second-order valence-corrected chi connectivity index (χ2v) is 5.41. The molecule has 0 unspecified atom stereocenters. The van der Waals surface area contributed by atoms with Crippen molar-refractivity contribution in [2.24, 2.45) is 0 Å². The molecule has 0 aromatic heterocycles. The van der Waals surface area contributed by atoms with E-state index in [1.165, 1.54) is 0 Å². The number of benzene rings is 1. The van der Waals surface area contributed by atoms with Gasteiger partial charge in [0.2, 0.25) is 10.0 Å². The fourth-order valence-corrected chi connectivity index (χ4v) is 1.67. The van der Waals surface area contributed by atoms with Crippen molar-refractivity contribution < 1.29 is 22.0 Å². The van der Waals surface area contributed by atoms with Gasteiger partial charge in [-0.25, -0.2) is 21.9 Å². The van der Waals surface area contributed by atoms with Gasteiger partial charge in [0.25, 0.3) is 5.91 Å². The van der Waals surface area contributed by atoms with Crippen LogP contribution in [0.15, 0.2) is 18.2 Å². The number of halogens is 2. The van der Waals surface area contributed by atoms with Crippen LogP contribution in [-0.4, -0.2) is 33.7 Å². The summed E-state index contributed by atoms with van der Waals surface area (Å²) in [5.41, 5.74) is -0.160. The van der Waals surface area contributed by atoms with E-state index in [1.807, 2.05) is 0 Å². The summed E-state index contributed by atoms with van der Waals surface area (Å²) in [5, 5.41) is 2.33. The Balaban J connectivity index is 2.51. The molecule has 0 heterocycles. The van der Waals surface area contributed by atoms with Gasteiger partial charge in [0.05, 0.1) is 6.26 Å². The Bertz CT molecular complexity index is 526. The van der Waals surface area contributed by atoms with E-state index in [-0.39, 0.29) is 18.7 Å². The zero-order valence-electron chi connectivity index (χ0n) is 9.54. The first-order chi connectivity index (χ1) is 8.28. The molecule has 0 saturated carbocycles. The molecule has 8 heteroatoms. The molecule has 2 N–H and O–H groups in total. The normalized spacial score (nSPS) is 11.3. The summed E-state index contributed by atoms with van der Waals surface area (Å²) in [5.74, 6) is -2.38. The Hall–Kier alpha value is -1.54. The minimum Gasteiger partial charge on any atom is -0.351 e. The molecular weight excluding hydrogens is 266 g/mol. The Morgan fingerprint density at radius 3 is 2.22 bits per heavy atom. The van der Waals surface area contributed by atoms with Crippen LogP contribution in [0.3, 0.4) is 0 Å². The third kappa shape index (κ3) is 5.19. The molecule has 0 fully saturated rings. The Morgan fingerprint density at radius 1 is 1.17 bits per heavy atom. The van der Waals surface area contributed by atoms with Crippen LogP contribution in [0.1, 0.15) is 10.4 Å². The van der Waals surface area contributed by atoms with Crippen molar-refractivity contribution in [3.8, 4) is 0 Å². The maximum Gasteiger partial charge on any atom is 0.251 e. The molecule has 0 radical (unpaired) electrons. The molecule has 18 heavy (non-hydrogen) atoms. The van der Waals surface area contributed by atoms with Crippen LogP contribution < -0.4 is 10.0 Å². The molecule has 0 aliphatic carbocycles. The van der Waals surface area contributed by atoms with E-state index in [2.05, 4.69) is 10.0 Å². The maximum atomic E-state index is 12.8. The molecule has 0 spiro atoms. The standard InChI is InChI=1S/C10H12F2N2O3S/c1-18(16,17)14-3-2-13-10(15)7-4-8(11)6-9(12)5-7/h4-6,14H,2-3H2,1H3,(H,13,15). The van der Waals surface area contributed by atoms with Gasteiger partial charge in [0, 0.05) is 24.7 Å². The summed E-state index contributed by atoms with van der Waals surface area (Å²) in [6.45, 7) is 0.0202. The first-order valence-electron chi connectivity index (χ1n) is 4.97. The molecule has 1 amide bonds. The van der Waals surface area contributed by atoms with Crippen LogP contribution in [0.4, 0.5) is 8.78 Å². The van der Waals surface area contributed by atoms with Gasteiger partial charge in [-0.1, -0.05) is 0 Å². The quantitative estimate of drug-likeness (QED) is 0.758. The number of hydrogen-bond acceptors (Lipinski definition) is 3. The van der Waals surface area contributed by atoms with Crippen molar-refractivity contribution in [3.63, 3.8) is 0 Å². The molecule has 0 saturated heterocycles. The van der Waals surface area contributed by atoms with Crippen molar-refractivity contribution in [2.75, 3.05) is 19.3 Å². The topological polar surface area (TPSA) is 75.3 Å². The van der Waals surface area contributed by atoms with Gasteiger partial charge in [-0.05, 0) is 12.1 Å². The summed E-state index contributed by atoms with van der Waals surface area (Å²) in [6, 6.07) is 2.44. The molecule has 0 atom stereocenters. The van der Waals surface area contributed by atoms with Gasteiger partial charge >= 0.3 is 0 Å². The average molecular weight is 278 g/mol. The van der Waals surface area contributed by atoms with Crippen LogP contribution in [0.5, 0.6) is 0 Å². The number of rotatable bonds is 5. The fraction of sp³-hybridized carbons (Fsp3) is 0.300. The molecule has 5 nitrogen and oxygen atoms in total. The van der Waals surface area contributed by atoms with E-state index in [0.717, 1.165) is 18.4 Å². The van der Waals surface area contributed by atoms with E-state index in [0.29, 0.717) is 6.07 Å². The van der Waals surface area contributed by atoms with Crippen molar-refractivity contribution >= 4 is 15.9 Å². The zero-order chi connectivity index (χ0) is 13.8. The number of hydrogen-bond donors (Lipinski definition) is 2. The average Bonchev–Trinajstić information content (AvgIpc) is 2.21. The highest BCUT2D eigenvalue weighted by molar-refractivity contribution is 7.88. The second-order valence-electron chi connectivity index (χ2n) is 3.58. The first kappa shape index (κ1) is 14.5. The van der Waals surface area contributed by atoms with Crippen LogP contribution in [-0.2, 0) is 10.0 Å². The summed E-state index contributed by atoms with van der Waals surface area (Å²) in [7, 11) is -3.32. The van der Waals surface area contributed by atoms with E-state index in [4.69, 9.17) is 0 Å². The predicted octanol–water partition coefficient (Wildman–Crippen LogP) is 0.244. The van der Waals surface area contributed by atoms with Crippen molar-refractivity contribution in [1.29, 1.82) is 0 Å². The molecule has 0 aliphatic heterocycles. The lowest BCUT2D eigenvalue weighted by Gasteiger charge is -2.06. The van der Waals surface area contributed by atoms with Gasteiger partial charge in [-0.3, -0.25) is 4.79 Å². The molecular formula is C10H12F2N2O3S. The molecule has 1 aromatic carbocycles. The van der Waals surface area contributed by atoms with E-state index in [9.17, 15) is 22.0 Å². The highest BCUT2D eigenvalue weighted by atomic mass is 32.2. The molecule has 0 aliphatic rings. The zero-order valence-corrected chi connectivity index (χ0v) is 10.4. The summed E-state index contributed by atoms with van der Waals surface area (Å²) < 4.78 is 49.2. The predicted molar refractivity (Wildman–Crippen MR) is 61.5 cm³/mol. The van der Waals surface area contributed by atoms with Gasteiger partial charge < -0.3 is 5.32 Å². The van der Waals surface area contributed by atoms with E-state index >= 15 is 0 Å². The molecule has 0 bridgehead atoms. The summed E-state index contributed by atoms with van der Waals surface area (Å²) in [6.07, 6.45) is 0.983. The minimum atomic E-state index is -3.32. The van der Waals surface area contributed by atoms with E-state index in [1.54, 1.807) is 0 Å². The lowest BCUT2D eigenvalue weighted by atomic mass is 10.2. The largest absolute Gasteiger partial charge is 0.351 e. The first-order valence-corrected chi connectivity index (χ1v) is 6.86. The van der Waals surface area contributed by atoms with Crippen LogP contribution in [0.25, 0.3) is 0 Å². The van der Waals surface area contributed by atoms with Gasteiger partial charge in [0.1, 0.15) is 11.6 Å². The Kier molecular flexibility index (Phi) is 4.74. The third-order valence-corrected chi connectivity index (χ3v) is 2.63. The minimum absolute atomic E-state index is 0.00235. The van der Waals surface area contributed by atoms with Crippen LogP contribution >= 0.6 is 0 Å². The molecule has 1 aromatic rings. The number of nitrogens with one attached hydrogen (secondary N) is 2. The lowest BCUT2D eigenvalue weighted by molar-refractivity contribution is 0.0953. The second kappa shape index (κ2) is 5.87. The highest BCUT2D eigenvalue weighted by Crippen LogP contribution is 2.07.